The number of fused-ring (bicyclic) bond motifs is 1. The first-order valence-electron chi connectivity index (χ1n) is 7.06. The fourth-order valence-electron chi connectivity index (χ4n) is 2.73. The lowest BCUT2D eigenvalue weighted by molar-refractivity contribution is 0.648. The van der Waals surface area contributed by atoms with Gasteiger partial charge in [0.15, 0.2) is 0 Å². The monoisotopic (exact) mass is 293 g/mol. The van der Waals surface area contributed by atoms with Gasteiger partial charge in [-0.2, -0.15) is 0 Å². The lowest BCUT2D eigenvalue weighted by Gasteiger charge is -2.08. The Balaban J connectivity index is 1.67. The molecule has 1 heterocycles. The van der Waals surface area contributed by atoms with Crippen LogP contribution >= 0.6 is 0 Å². The molecule has 3 heteroatoms. The summed E-state index contributed by atoms with van der Waals surface area (Å²) in [4.78, 5) is 0.909. The molecule has 0 saturated carbocycles. The van der Waals surface area contributed by atoms with Crippen molar-refractivity contribution in [2.24, 2.45) is 0 Å². The van der Waals surface area contributed by atoms with Crippen molar-refractivity contribution >= 4 is 21.8 Å². The van der Waals surface area contributed by atoms with Gasteiger partial charge in [0.05, 0.1) is 10.9 Å². The molecule has 0 bridgehead atoms. The molecule has 1 aliphatic heterocycles. The highest BCUT2D eigenvalue weighted by Gasteiger charge is 2.40. The van der Waals surface area contributed by atoms with Gasteiger partial charge in [-0.25, -0.2) is 8.51 Å². The maximum atomic E-state index is 12.8. The predicted molar refractivity (Wildman–Crippen MR) is 86.2 cm³/mol. The van der Waals surface area contributed by atoms with E-state index >= 15 is 0 Å². The number of benzene rings is 3. The third kappa shape index (κ3) is 2.28. The first-order chi connectivity index (χ1) is 10.3. The fourth-order valence-corrected chi connectivity index (χ4v) is 4.18. The summed E-state index contributed by atoms with van der Waals surface area (Å²) in [5.41, 5.74) is 1.24. The highest BCUT2D eigenvalue weighted by molar-refractivity contribution is 7.83. The van der Waals surface area contributed by atoms with Crippen LogP contribution in [-0.4, -0.2) is 15.1 Å². The third-order valence-electron chi connectivity index (χ3n) is 3.90. The molecule has 1 aliphatic rings. The van der Waals surface area contributed by atoms with Gasteiger partial charge < -0.3 is 0 Å². The summed E-state index contributed by atoms with van der Waals surface area (Å²) >= 11 is 0. The van der Waals surface area contributed by atoms with E-state index in [1.807, 2.05) is 52.8 Å². The van der Waals surface area contributed by atoms with E-state index in [0.29, 0.717) is 0 Å². The second kappa shape index (κ2) is 5.10. The zero-order chi connectivity index (χ0) is 14.2. The van der Waals surface area contributed by atoms with Crippen LogP contribution in [0.5, 0.6) is 0 Å². The van der Waals surface area contributed by atoms with Gasteiger partial charge in [0.1, 0.15) is 11.0 Å². The highest BCUT2D eigenvalue weighted by atomic mass is 32.2. The Morgan fingerprint density at radius 2 is 1.57 bits per heavy atom. The number of rotatable bonds is 3. The Hall–Kier alpha value is -1.97. The first-order valence-corrected chi connectivity index (χ1v) is 8.16. The maximum Gasteiger partial charge on any atom is 0.128 e. The summed E-state index contributed by atoms with van der Waals surface area (Å²) in [6, 6.07) is 24.7. The van der Waals surface area contributed by atoms with Crippen molar-refractivity contribution in [3.8, 4) is 0 Å². The summed E-state index contributed by atoms with van der Waals surface area (Å²) in [6.45, 7) is 0.861. The van der Waals surface area contributed by atoms with Gasteiger partial charge in [-0.05, 0) is 22.4 Å². The Morgan fingerprint density at radius 3 is 2.43 bits per heavy atom. The van der Waals surface area contributed by atoms with Crippen LogP contribution in [0.4, 0.5) is 0 Å². The lowest BCUT2D eigenvalue weighted by atomic mass is 10.1. The van der Waals surface area contributed by atoms with Crippen molar-refractivity contribution in [2.45, 2.75) is 10.9 Å². The molecule has 0 aromatic heterocycles. The molecule has 0 aliphatic carbocycles. The van der Waals surface area contributed by atoms with E-state index in [1.165, 1.54) is 5.56 Å². The Bertz CT molecular complexity index is 810. The molecular formula is C18H15NOS. The molecule has 3 atom stereocenters. The molecule has 0 radical (unpaired) electrons. The van der Waals surface area contributed by atoms with Gasteiger partial charge >= 0.3 is 0 Å². The van der Waals surface area contributed by atoms with E-state index in [2.05, 4.69) is 24.3 Å². The zero-order valence-electron chi connectivity index (χ0n) is 11.5. The minimum absolute atomic E-state index is 0.283. The first kappa shape index (κ1) is 12.7. The molecular weight excluding hydrogens is 278 g/mol. The van der Waals surface area contributed by atoms with Crippen molar-refractivity contribution < 1.29 is 4.21 Å². The van der Waals surface area contributed by atoms with Crippen molar-refractivity contribution in [3.63, 3.8) is 0 Å². The quantitative estimate of drug-likeness (QED) is 0.670. The van der Waals surface area contributed by atoms with E-state index < -0.39 is 11.0 Å². The van der Waals surface area contributed by atoms with Crippen LogP contribution in [-0.2, 0) is 11.0 Å². The Labute approximate surface area is 126 Å². The molecule has 1 saturated heterocycles. The lowest BCUT2D eigenvalue weighted by Crippen LogP contribution is -2.05. The van der Waals surface area contributed by atoms with Gasteiger partial charge in [-0.3, -0.25) is 0 Å². The van der Waals surface area contributed by atoms with E-state index in [9.17, 15) is 4.21 Å². The van der Waals surface area contributed by atoms with Crippen LogP contribution < -0.4 is 0 Å². The molecule has 1 fully saturated rings. The molecule has 3 aromatic carbocycles. The summed E-state index contributed by atoms with van der Waals surface area (Å²) in [5.74, 6) is 0. The van der Waals surface area contributed by atoms with Gasteiger partial charge in [0.2, 0.25) is 0 Å². The third-order valence-corrected chi connectivity index (χ3v) is 5.46. The van der Waals surface area contributed by atoms with Crippen LogP contribution in [0.15, 0.2) is 77.7 Å². The Kier molecular flexibility index (Phi) is 3.09. The summed E-state index contributed by atoms with van der Waals surface area (Å²) < 4.78 is 14.9. The maximum absolute atomic E-state index is 12.8. The summed E-state index contributed by atoms with van der Waals surface area (Å²) in [7, 11) is -1.10. The molecule has 0 N–H and O–H groups in total. The smallest absolute Gasteiger partial charge is 0.128 e. The van der Waals surface area contributed by atoms with Crippen LogP contribution in [0.3, 0.4) is 0 Å². The second-order valence-corrected chi connectivity index (χ2v) is 6.66. The molecule has 2 unspecified atom stereocenters. The van der Waals surface area contributed by atoms with Crippen LogP contribution in [0.2, 0.25) is 0 Å². The molecule has 2 nitrogen and oxygen atoms in total. The van der Waals surface area contributed by atoms with Crippen molar-refractivity contribution in [1.82, 2.24) is 4.31 Å². The van der Waals surface area contributed by atoms with Crippen molar-refractivity contribution in [1.29, 1.82) is 0 Å². The predicted octanol–water partition coefficient (Wildman–Crippen LogP) is 3.92. The molecule has 4 rings (SSSR count). The standard InChI is InChI=1S/C18H15NOS/c20-21(19-13-17(19)15-8-2-1-3-9-15)18-12-6-10-14-7-4-5-11-16(14)18/h1-12,17H,13H2/t17-,19?,21?/m1/s1. The average Bonchev–Trinajstić information content (AvgIpc) is 3.35. The van der Waals surface area contributed by atoms with E-state index in [0.717, 1.165) is 22.2 Å². The van der Waals surface area contributed by atoms with Crippen molar-refractivity contribution in [3.05, 3.63) is 78.4 Å². The van der Waals surface area contributed by atoms with E-state index in [-0.39, 0.29) is 6.04 Å². The number of hydrogen-bond acceptors (Lipinski definition) is 1. The van der Waals surface area contributed by atoms with Crippen LogP contribution in [0.1, 0.15) is 11.6 Å². The number of hydrogen-bond donors (Lipinski definition) is 0. The molecule has 21 heavy (non-hydrogen) atoms. The average molecular weight is 293 g/mol. The van der Waals surface area contributed by atoms with E-state index in [4.69, 9.17) is 0 Å². The molecule has 104 valence electrons. The highest BCUT2D eigenvalue weighted by Crippen LogP contribution is 2.39. The van der Waals surface area contributed by atoms with Gasteiger partial charge in [-0.15, -0.1) is 0 Å². The summed E-state index contributed by atoms with van der Waals surface area (Å²) in [6.07, 6.45) is 0. The summed E-state index contributed by atoms with van der Waals surface area (Å²) in [5, 5.41) is 2.22. The largest absolute Gasteiger partial charge is 0.237 e. The Morgan fingerprint density at radius 1 is 0.857 bits per heavy atom. The number of nitrogens with zero attached hydrogens (tertiary/aromatic N) is 1. The minimum Gasteiger partial charge on any atom is -0.237 e. The van der Waals surface area contributed by atoms with Crippen molar-refractivity contribution in [2.75, 3.05) is 6.54 Å². The van der Waals surface area contributed by atoms with Gasteiger partial charge in [0.25, 0.3) is 0 Å². The fraction of sp³-hybridized carbons (Fsp3) is 0.111. The molecule has 0 spiro atoms. The topological polar surface area (TPSA) is 20.1 Å². The minimum atomic E-state index is -1.10. The normalized spacial score (nSPS) is 22.1. The van der Waals surface area contributed by atoms with Crippen LogP contribution in [0.25, 0.3) is 10.8 Å². The second-order valence-electron chi connectivity index (χ2n) is 5.25. The zero-order valence-corrected chi connectivity index (χ0v) is 12.3. The molecule has 0 amide bonds. The van der Waals surface area contributed by atoms with Crippen LogP contribution in [0, 0.1) is 0 Å². The van der Waals surface area contributed by atoms with E-state index in [1.54, 1.807) is 0 Å². The van der Waals surface area contributed by atoms with Gasteiger partial charge in [-0.1, -0.05) is 66.7 Å². The molecule has 3 aromatic rings. The van der Waals surface area contributed by atoms with Gasteiger partial charge in [0, 0.05) is 6.54 Å². The SMILES string of the molecule is O=S(c1cccc2ccccc12)N1C[C@@H]1c1ccccc1.